The zero-order valence-electron chi connectivity index (χ0n) is 20.4. The van der Waals surface area contributed by atoms with Gasteiger partial charge in [-0.25, -0.2) is 0 Å². The highest BCUT2D eigenvalue weighted by atomic mass is 16.3. The average molecular weight is 450 g/mol. The molecule has 4 rings (SSSR count). The van der Waals surface area contributed by atoms with Gasteiger partial charge in [0.25, 0.3) is 0 Å². The van der Waals surface area contributed by atoms with Crippen molar-refractivity contribution in [3.8, 4) is 5.75 Å². The SMILES string of the molecule is Cc1cc(NC(=O)C2Cc3ccc(N4CCCC4)cc3CN2C(=O)C(C)C)c(C)c(C)c1O. The van der Waals surface area contributed by atoms with E-state index in [0.29, 0.717) is 24.2 Å². The Labute approximate surface area is 196 Å². The molecule has 2 aromatic rings. The number of nitrogens with one attached hydrogen (secondary N) is 1. The van der Waals surface area contributed by atoms with Gasteiger partial charge in [-0.05, 0) is 79.6 Å². The number of phenols is 1. The number of amides is 2. The number of carbonyl (C=O) groups is 2. The second-order valence-electron chi connectivity index (χ2n) is 9.82. The van der Waals surface area contributed by atoms with Crippen molar-refractivity contribution in [3.63, 3.8) is 0 Å². The van der Waals surface area contributed by atoms with Crippen LogP contribution in [0.15, 0.2) is 24.3 Å². The van der Waals surface area contributed by atoms with Gasteiger partial charge >= 0.3 is 0 Å². The van der Waals surface area contributed by atoms with Crippen LogP contribution in [0.3, 0.4) is 0 Å². The molecule has 0 aromatic heterocycles. The van der Waals surface area contributed by atoms with E-state index in [0.717, 1.165) is 35.3 Å². The number of fused-ring (bicyclic) bond motifs is 1. The molecule has 2 aliphatic rings. The Morgan fingerprint density at radius 2 is 1.73 bits per heavy atom. The molecule has 0 saturated carbocycles. The highest BCUT2D eigenvalue weighted by molar-refractivity contribution is 5.98. The van der Waals surface area contributed by atoms with Crippen LogP contribution in [0, 0.1) is 26.7 Å². The van der Waals surface area contributed by atoms with Gasteiger partial charge in [0.15, 0.2) is 0 Å². The van der Waals surface area contributed by atoms with Crippen LogP contribution in [0.1, 0.15) is 54.5 Å². The van der Waals surface area contributed by atoms with Crippen molar-refractivity contribution in [1.82, 2.24) is 4.90 Å². The Morgan fingerprint density at radius 1 is 1.03 bits per heavy atom. The van der Waals surface area contributed by atoms with E-state index in [1.807, 2.05) is 34.6 Å². The quantitative estimate of drug-likeness (QED) is 0.676. The van der Waals surface area contributed by atoms with E-state index in [-0.39, 0.29) is 23.5 Å². The molecule has 6 nitrogen and oxygen atoms in total. The number of hydrogen-bond donors (Lipinski definition) is 2. The van der Waals surface area contributed by atoms with Crippen molar-refractivity contribution in [3.05, 3.63) is 52.1 Å². The minimum absolute atomic E-state index is 0.0119. The van der Waals surface area contributed by atoms with Gasteiger partial charge < -0.3 is 20.2 Å². The molecular weight excluding hydrogens is 414 g/mol. The number of aryl methyl sites for hydroxylation is 1. The van der Waals surface area contributed by atoms with Crippen molar-refractivity contribution in [2.75, 3.05) is 23.3 Å². The number of benzene rings is 2. The molecule has 33 heavy (non-hydrogen) atoms. The first-order chi connectivity index (χ1) is 15.7. The molecule has 2 aromatic carbocycles. The Morgan fingerprint density at radius 3 is 2.39 bits per heavy atom. The van der Waals surface area contributed by atoms with E-state index in [4.69, 9.17) is 0 Å². The van der Waals surface area contributed by atoms with E-state index in [1.165, 1.54) is 18.5 Å². The van der Waals surface area contributed by atoms with Crippen LogP contribution in [-0.4, -0.2) is 41.0 Å². The molecule has 6 heteroatoms. The monoisotopic (exact) mass is 449 g/mol. The zero-order chi connectivity index (χ0) is 23.9. The Balaban J connectivity index is 1.64. The van der Waals surface area contributed by atoms with E-state index >= 15 is 0 Å². The van der Waals surface area contributed by atoms with E-state index in [1.54, 1.807) is 11.0 Å². The van der Waals surface area contributed by atoms with Crippen molar-refractivity contribution in [2.45, 2.75) is 66.5 Å². The summed E-state index contributed by atoms with van der Waals surface area (Å²) >= 11 is 0. The largest absolute Gasteiger partial charge is 0.507 e. The second kappa shape index (κ2) is 9.08. The molecule has 1 saturated heterocycles. The highest BCUT2D eigenvalue weighted by Crippen LogP contribution is 2.33. The predicted octanol–water partition coefficient (Wildman–Crippen LogP) is 4.47. The molecule has 0 radical (unpaired) electrons. The number of anilines is 2. The van der Waals surface area contributed by atoms with Crippen molar-refractivity contribution >= 4 is 23.2 Å². The first-order valence-corrected chi connectivity index (χ1v) is 11.9. The molecule has 2 amide bonds. The summed E-state index contributed by atoms with van der Waals surface area (Å²) in [7, 11) is 0. The van der Waals surface area contributed by atoms with Gasteiger partial charge in [0.05, 0.1) is 0 Å². The van der Waals surface area contributed by atoms with Gasteiger partial charge in [-0.1, -0.05) is 19.9 Å². The van der Waals surface area contributed by atoms with Gasteiger partial charge in [-0.2, -0.15) is 0 Å². The molecule has 2 aliphatic heterocycles. The van der Waals surface area contributed by atoms with E-state index < -0.39 is 6.04 Å². The summed E-state index contributed by atoms with van der Waals surface area (Å²) in [5.74, 6) is -0.140. The van der Waals surface area contributed by atoms with Gasteiger partial charge in [-0.15, -0.1) is 0 Å². The van der Waals surface area contributed by atoms with Gasteiger partial charge in [-0.3, -0.25) is 9.59 Å². The normalized spacial score (nSPS) is 17.9. The Hall–Kier alpha value is -3.02. The summed E-state index contributed by atoms with van der Waals surface area (Å²) in [5, 5.41) is 13.3. The van der Waals surface area contributed by atoms with Crippen molar-refractivity contribution in [2.24, 2.45) is 5.92 Å². The third-order valence-corrected chi connectivity index (χ3v) is 7.18. The van der Waals surface area contributed by atoms with Gasteiger partial charge in [0.1, 0.15) is 11.8 Å². The first-order valence-electron chi connectivity index (χ1n) is 11.9. The fraction of sp³-hybridized carbons (Fsp3) is 0.481. The van der Waals surface area contributed by atoms with Crippen LogP contribution in [0.5, 0.6) is 5.75 Å². The Bertz CT molecular complexity index is 1090. The summed E-state index contributed by atoms with van der Waals surface area (Å²) < 4.78 is 0. The van der Waals surface area contributed by atoms with Crippen molar-refractivity contribution < 1.29 is 14.7 Å². The van der Waals surface area contributed by atoms with E-state index in [9.17, 15) is 14.7 Å². The molecule has 1 unspecified atom stereocenters. The number of aromatic hydroxyl groups is 1. The third kappa shape index (κ3) is 4.43. The van der Waals surface area contributed by atoms with Crippen LogP contribution in [0.4, 0.5) is 11.4 Å². The fourth-order valence-corrected chi connectivity index (χ4v) is 4.95. The van der Waals surface area contributed by atoms with Crippen LogP contribution in [0.25, 0.3) is 0 Å². The summed E-state index contributed by atoms with van der Waals surface area (Å²) in [6.45, 7) is 11.9. The van der Waals surface area contributed by atoms with Crippen LogP contribution >= 0.6 is 0 Å². The van der Waals surface area contributed by atoms with Gasteiger partial charge in [0, 0.05) is 43.3 Å². The van der Waals surface area contributed by atoms with Gasteiger partial charge in [0.2, 0.25) is 11.8 Å². The van der Waals surface area contributed by atoms with Crippen molar-refractivity contribution in [1.29, 1.82) is 0 Å². The summed E-state index contributed by atoms with van der Waals surface area (Å²) in [6.07, 6.45) is 2.93. The lowest BCUT2D eigenvalue weighted by molar-refractivity contribution is -0.142. The predicted molar refractivity (Wildman–Crippen MR) is 132 cm³/mol. The molecule has 1 fully saturated rings. The maximum Gasteiger partial charge on any atom is 0.247 e. The summed E-state index contributed by atoms with van der Waals surface area (Å²) in [6, 6.07) is 7.70. The molecule has 2 N–H and O–H groups in total. The number of carbonyl (C=O) groups excluding carboxylic acids is 2. The molecule has 0 aliphatic carbocycles. The molecule has 0 bridgehead atoms. The Kier molecular flexibility index (Phi) is 6.37. The number of hydrogen-bond acceptors (Lipinski definition) is 4. The topological polar surface area (TPSA) is 72.9 Å². The smallest absolute Gasteiger partial charge is 0.247 e. The van der Waals surface area contributed by atoms with Crippen LogP contribution < -0.4 is 10.2 Å². The van der Waals surface area contributed by atoms with Crippen LogP contribution in [-0.2, 0) is 22.6 Å². The van der Waals surface area contributed by atoms with Crippen LogP contribution in [0.2, 0.25) is 0 Å². The maximum absolute atomic E-state index is 13.5. The highest BCUT2D eigenvalue weighted by Gasteiger charge is 2.36. The molecule has 0 spiro atoms. The lowest BCUT2D eigenvalue weighted by Gasteiger charge is -2.37. The lowest BCUT2D eigenvalue weighted by atomic mass is 9.91. The number of rotatable bonds is 4. The third-order valence-electron chi connectivity index (χ3n) is 7.18. The summed E-state index contributed by atoms with van der Waals surface area (Å²) in [5.41, 5.74) is 6.44. The first kappa shape index (κ1) is 23.1. The number of phenolic OH excluding ortho intramolecular Hbond substituents is 1. The minimum atomic E-state index is -0.571. The van der Waals surface area contributed by atoms with E-state index in [2.05, 4.69) is 28.4 Å². The summed E-state index contributed by atoms with van der Waals surface area (Å²) in [4.78, 5) is 30.7. The molecule has 1 atom stereocenters. The minimum Gasteiger partial charge on any atom is -0.507 e. The molecular formula is C27H35N3O3. The second-order valence-corrected chi connectivity index (χ2v) is 9.82. The maximum atomic E-state index is 13.5. The molecule has 176 valence electrons. The average Bonchev–Trinajstić information content (AvgIpc) is 3.34. The standard InChI is InChI=1S/C27H35N3O3/c1-16(2)27(33)30-15-21-13-22(29-10-6-7-11-29)9-8-20(21)14-24(30)26(32)28-23-12-17(3)25(31)19(5)18(23)4/h8-9,12-13,16,24,31H,6-7,10-11,14-15H2,1-5H3,(H,28,32). The fourth-order valence-electron chi connectivity index (χ4n) is 4.95. The number of nitrogens with zero attached hydrogens (tertiary/aromatic N) is 2. The lowest BCUT2D eigenvalue weighted by Crippen LogP contribution is -2.51. The zero-order valence-corrected chi connectivity index (χ0v) is 20.4. The molecule has 2 heterocycles.